The van der Waals surface area contributed by atoms with E-state index in [4.69, 9.17) is 0 Å². The molecular weight excluding hydrogens is 311 g/mol. The Kier molecular flexibility index (Phi) is 5.10. The number of hydrogen-bond acceptors (Lipinski definition) is 4. The van der Waals surface area contributed by atoms with E-state index in [0.29, 0.717) is 0 Å². The molecule has 0 bridgehead atoms. The average Bonchev–Trinajstić information content (AvgIpc) is 2.92. The molecule has 4 nitrogen and oxygen atoms in total. The number of nitrogens with one attached hydrogen (secondary N) is 1. The molecule has 0 amide bonds. The highest BCUT2D eigenvalue weighted by atomic mass is 32.2. The predicted octanol–water partition coefficient (Wildman–Crippen LogP) is 2.47. The molecule has 1 heterocycles. The van der Waals surface area contributed by atoms with Crippen molar-refractivity contribution in [1.29, 1.82) is 0 Å². The van der Waals surface area contributed by atoms with Crippen molar-refractivity contribution in [2.75, 3.05) is 20.6 Å². The molecule has 1 aromatic carbocycles. The Morgan fingerprint density at radius 2 is 1.95 bits per heavy atom. The van der Waals surface area contributed by atoms with Crippen LogP contribution in [0.5, 0.6) is 0 Å². The van der Waals surface area contributed by atoms with Gasteiger partial charge in [-0.3, -0.25) is 0 Å². The highest BCUT2D eigenvalue weighted by Crippen LogP contribution is 2.23. The van der Waals surface area contributed by atoms with Crippen LogP contribution in [0.1, 0.15) is 10.9 Å². The number of hydrogen-bond donors (Lipinski definition) is 1. The van der Waals surface area contributed by atoms with Crippen LogP contribution in [-0.2, 0) is 10.0 Å². The van der Waals surface area contributed by atoms with Crippen LogP contribution in [0.15, 0.2) is 46.7 Å². The van der Waals surface area contributed by atoms with Crippen molar-refractivity contribution >= 4 is 21.4 Å². The lowest BCUT2D eigenvalue weighted by Gasteiger charge is -2.23. The Hall–Kier alpha value is -1.28. The van der Waals surface area contributed by atoms with E-state index >= 15 is 0 Å². The van der Waals surface area contributed by atoms with Crippen molar-refractivity contribution in [1.82, 2.24) is 9.62 Å². The van der Waals surface area contributed by atoms with Gasteiger partial charge in [-0.1, -0.05) is 18.2 Å². The minimum Gasteiger partial charge on any atom is -0.300 e. The van der Waals surface area contributed by atoms with Gasteiger partial charge in [0.1, 0.15) is 10.7 Å². The lowest BCUT2D eigenvalue weighted by atomic mass is 10.2. The molecule has 0 saturated carbocycles. The Bertz CT molecular complexity index is 685. The number of rotatable bonds is 6. The largest absolute Gasteiger partial charge is 0.300 e. The van der Waals surface area contributed by atoms with E-state index < -0.39 is 15.8 Å². The Balaban J connectivity index is 2.16. The maximum absolute atomic E-state index is 13.6. The van der Waals surface area contributed by atoms with Crippen LogP contribution in [0.2, 0.25) is 0 Å². The molecule has 21 heavy (non-hydrogen) atoms. The van der Waals surface area contributed by atoms with Crippen LogP contribution in [0, 0.1) is 5.82 Å². The van der Waals surface area contributed by atoms with Crippen LogP contribution in [0.4, 0.5) is 4.39 Å². The first-order valence-corrected chi connectivity index (χ1v) is 8.72. The molecule has 114 valence electrons. The fourth-order valence-corrected chi connectivity index (χ4v) is 3.99. The van der Waals surface area contributed by atoms with Crippen LogP contribution in [0.25, 0.3) is 0 Å². The van der Waals surface area contributed by atoms with Gasteiger partial charge in [0, 0.05) is 11.4 Å². The summed E-state index contributed by atoms with van der Waals surface area (Å²) in [4.78, 5) is 2.65. The molecule has 1 atom stereocenters. The molecule has 0 spiro atoms. The van der Waals surface area contributed by atoms with Crippen molar-refractivity contribution in [3.8, 4) is 0 Å². The first-order valence-electron chi connectivity index (χ1n) is 6.36. The van der Waals surface area contributed by atoms with Gasteiger partial charge in [0.2, 0.25) is 10.0 Å². The molecule has 0 saturated heterocycles. The fourth-order valence-electron chi connectivity index (χ4n) is 1.95. The second kappa shape index (κ2) is 6.65. The van der Waals surface area contributed by atoms with Gasteiger partial charge >= 0.3 is 0 Å². The monoisotopic (exact) mass is 328 g/mol. The SMILES string of the molecule is CN(C)C(CNS(=O)(=O)c1ccccc1F)c1cccs1. The van der Waals surface area contributed by atoms with Crippen molar-refractivity contribution in [2.24, 2.45) is 0 Å². The first kappa shape index (κ1) is 16.1. The molecule has 0 aliphatic rings. The molecule has 1 N–H and O–H groups in total. The Morgan fingerprint density at radius 1 is 1.24 bits per heavy atom. The topological polar surface area (TPSA) is 49.4 Å². The highest BCUT2D eigenvalue weighted by Gasteiger charge is 2.22. The summed E-state index contributed by atoms with van der Waals surface area (Å²) >= 11 is 1.56. The van der Waals surface area contributed by atoms with Gasteiger partial charge in [0.05, 0.1) is 6.04 Å². The predicted molar refractivity (Wildman–Crippen MR) is 82.3 cm³/mol. The number of sulfonamides is 1. The summed E-state index contributed by atoms with van der Waals surface area (Å²) in [6.45, 7) is 0.185. The second-order valence-corrected chi connectivity index (χ2v) is 7.49. The number of likely N-dealkylation sites (N-methyl/N-ethyl adjacent to an activating group) is 1. The minimum atomic E-state index is -3.86. The average molecular weight is 328 g/mol. The molecule has 1 aromatic heterocycles. The van der Waals surface area contributed by atoms with E-state index in [2.05, 4.69) is 4.72 Å². The molecule has 2 aromatic rings. The van der Waals surface area contributed by atoms with Crippen molar-refractivity contribution < 1.29 is 12.8 Å². The molecular formula is C14H17FN2O2S2. The summed E-state index contributed by atoms with van der Waals surface area (Å²) in [6.07, 6.45) is 0. The minimum absolute atomic E-state index is 0.0912. The highest BCUT2D eigenvalue weighted by molar-refractivity contribution is 7.89. The number of halogens is 1. The smallest absolute Gasteiger partial charge is 0.243 e. The van der Waals surface area contributed by atoms with E-state index in [9.17, 15) is 12.8 Å². The van der Waals surface area contributed by atoms with E-state index in [0.717, 1.165) is 10.9 Å². The van der Waals surface area contributed by atoms with Crippen LogP contribution in [-0.4, -0.2) is 34.0 Å². The third-order valence-electron chi connectivity index (χ3n) is 3.09. The summed E-state index contributed by atoms with van der Waals surface area (Å²) < 4.78 is 40.5. The third-order valence-corrected chi connectivity index (χ3v) is 5.52. The van der Waals surface area contributed by atoms with E-state index in [-0.39, 0.29) is 17.5 Å². The molecule has 0 aliphatic carbocycles. The maximum atomic E-state index is 13.6. The third kappa shape index (κ3) is 3.88. The van der Waals surface area contributed by atoms with Crippen LogP contribution >= 0.6 is 11.3 Å². The van der Waals surface area contributed by atoms with Gasteiger partial charge in [0.15, 0.2) is 0 Å². The molecule has 7 heteroatoms. The maximum Gasteiger partial charge on any atom is 0.243 e. The second-order valence-electron chi connectivity index (χ2n) is 4.78. The fraction of sp³-hybridized carbons (Fsp3) is 0.286. The lowest BCUT2D eigenvalue weighted by molar-refractivity contribution is 0.303. The van der Waals surface area contributed by atoms with Crippen molar-refractivity contribution in [2.45, 2.75) is 10.9 Å². The zero-order valence-electron chi connectivity index (χ0n) is 11.8. The lowest BCUT2D eigenvalue weighted by Crippen LogP contribution is -2.34. The van der Waals surface area contributed by atoms with Gasteiger partial charge in [-0.25, -0.2) is 17.5 Å². The van der Waals surface area contributed by atoms with Gasteiger partial charge in [0.25, 0.3) is 0 Å². The van der Waals surface area contributed by atoms with Crippen molar-refractivity contribution in [3.63, 3.8) is 0 Å². The van der Waals surface area contributed by atoms with Gasteiger partial charge in [-0.15, -0.1) is 11.3 Å². The number of benzene rings is 1. The van der Waals surface area contributed by atoms with E-state index in [1.807, 2.05) is 36.5 Å². The molecule has 0 fully saturated rings. The number of thiophene rings is 1. The van der Waals surface area contributed by atoms with Crippen molar-refractivity contribution in [3.05, 3.63) is 52.5 Å². The molecule has 1 unspecified atom stereocenters. The van der Waals surface area contributed by atoms with E-state index in [1.54, 1.807) is 11.3 Å². The standard InChI is InChI=1S/C14H17FN2O2S2/c1-17(2)12(13-7-5-9-20-13)10-16-21(18,19)14-8-4-3-6-11(14)15/h3-9,12,16H,10H2,1-2H3. The Labute approximate surface area is 128 Å². The summed E-state index contributed by atoms with van der Waals surface area (Å²) in [5.41, 5.74) is 0. The van der Waals surface area contributed by atoms with Gasteiger partial charge < -0.3 is 4.90 Å². The zero-order chi connectivity index (χ0) is 15.5. The quantitative estimate of drug-likeness (QED) is 0.886. The number of nitrogens with zero attached hydrogens (tertiary/aromatic N) is 1. The molecule has 0 aliphatic heterocycles. The normalized spacial score (nSPS) is 13.5. The van der Waals surface area contributed by atoms with Crippen LogP contribution < -0.4 is 4.72 Å². The van der Waals surface area contributed by atoms with Gasteiger partial charge in [-0.05, 0) is 37.7 Å². The summed E-state index contributed by atoms with van der Waals surface area (Å²) in [7, 11) is -0.104. The first-order chi connectivity index (χ1) is 9.92. The molecule has 2 rings (SSSR count). The van der Waals surface area contributed by atoms with Gasteiger partial charge in [-0.2, -0.15) is 0 Å². The summed E-state index contributed by atoms with van der Waals surface area (Å²) in [5, 5.41) is 1.94. The zero-order valence-corrected chi connectivity index (χ0v) is 13.4. The summed E-state index contributed by atoms with van der Waals surface area (Å²) in [6, 6.07) is 9.13. The molecule has 0 radical (unpaired) electrons. The van der Waals surface area contributed by atoms with E-state index in [1.165, 1.54) is 18.2 Å². The van der Waals surface area contributed by atoms with Crippen LogP contribution in [0.3, 0.4) is 0 Å². The summed E-state index contributed by atoms with van der Waals surface area (Å²) in [5.74, 6) is -0.748. The Morgan fingerprint density at radius 3 is 2.52 bits per heavy atom.